The minimum absolute atomic E-state index is 0.0370. The third-order valence-corrected chi connectivity index (χ3v) is 3.64. The quantitative estimate of drug-likeness (QED) is 0.925. The van der Waals surface area contributed by atoms with Crippen molar-refractivity contribution in [2.45, 2.75) is 31.2 Å². The smallest absolute Gasteiger partial charge is 0.381 e. The van der Waals surface area contributed by atoms with E-state index in [0.29, 0.717) is 19.4 Å². The Balaban J connectivity index is 2.31. The Morgan fingerprint density at radius 3 is 2.85 bits per heavy atom. The van der Waals surface area contributed by atoms with Crippen LogP contribution >= 0.6 is 0 Å². The third kappa shape index (κ3) is 3.04. The average molecular weight is 289 g/mol. The summed E-state index contributed by atoms with van der Waals surface area (Å²) in [5.74, 6) is -0.0370. The zero-order chi connectivity index (χ0) is 14.8. The Bertz CT molecular complexity index is 453. The maximum Gasteiger partial charge on any atom is 0.419 e. The minimum Gasteiger partial charge on any atom is -0.381 e. The zero-order valence-electron chi connectivity index (χ0n) is 11.2. The Labute approximate surface area is 115 Å². The predicted molar refractivity (Wildman–Crippen MR) is 69.5 cm³/mol. The molecule has 4 nitrogen and oxygen atoms in total. The average Bonchev–Trinajstić information content (AvgIpc) is 2.45. The first-order valence-electron chi connectivity index (χ1n) is 6.49. The van der Waals surface area contributed by atoms with Gasteiger partial charge in [-0.2, -0.15) is 13.2 Å². The number of nitrogens with two attached hydrogens (primary N) is 1. The van der Waals surface area contributed by atoms with Crippen molar-refractivity contribution in [1.82, 2.24) is 4.98 Å². The number of aromatic nitrogens is 1. The van der Waals surface area contributed by atoms with Crippen LogP contribution in [0.3, 0.4) is 0 Å². The number of rotatable bonds is 3. The first-order chi connectivity index (χ1) is 9.47. The minimum atomic E-state index is -4.42. The third-order valence-electron chi connectivity index (χ3n) is 3.64. The molecule has 1 aliphatic heterocycles. The molecule has 2 atom stereocenters. The van der Waals surface area contributed by atoms with E-state index in [2.05, 4.69) is 4.98 Å². The number of nitrogens with zero attached hydrogens (tertiary/aromatic N) is 2. The van der Waals surface area contributed by atoms with Crippen LogP contribution in [0.1, 0.15) is 18.4 Å². The van der Waals surface area contributed by atoms with Crippen molar-refractivity contribution in [2.75, 3.05) is 25.1 Å². The first kappa shape index (κ1) is 15.1. The number of ether oxygens (including phenoxy) is 1. The molecule has 1 fully saturated rings. The largest absolute Gasteiger partial charge is 0.419 e. The van der Waals surface area contributed by atoms with Crippen molar-refractivity contribution < 1.29 is 17.9 Å². The Kier molecular flexibility index (Phi) is 4.49. The molecule has 0 aliphatic carbocycles. The van der Waals surface area contributed by atoms with Crippen molar-refractivity contribution in [3.63, 3.8) is 0 Å². The molecule has 2 unspecified atom stereocenters. The van der Waals surface area contributed by atoms with Crippen molar-refractivity contribution >= 4 is 5.82 Å². The normalized spacial score (nSPS) is 23.9. The molecule has 2 heterocycles. The highest BCUT2D eigenvalue weighted by Crippen LogP contribution is 2.37. The van der Waals surface area contributed by atoms with Gasteiger partial charge in [-0.1, -0.05) is 0 Å². The molecule has 1 saturated heterocycles. The molecule has 1 aliphatic rings. The van der Waals surface area contributed by atoms with Gasteiger partial charge in [0, 0.05) is 32.4 Å². The summed E-state index contributed by atoms with van der Waals surface area (Å²) in [5, 5.41) is 0. The fourth-order valence-corrected chi connectivity index (χ4v) is 2.58. The van der Waals surface area contributed by atoms with Gasteiger partial charge in [-0.05, 0) is 25.0 Å². The molecule has 0 bridgehead atoms. The maximum atomic E-state index is 13.1. The lowest BCUT2D eigenvalue weighted by molar-refractivity contribution is -0.137. The summed E-state index contributed by atoms with van der Waals surface area (Å²) in [6.07, 6.45) is -1.72. The SMILES string of the molecule is COC1CCN(c2ncccc2C(F)(F)F)C(CN)C1. The first-order valence-corrected chi connectivity index (χ1v) is 6.49. The van der Waals surface area contributed by atoms with E-state index in [1.54, 1.807) is 12.0 Å². The Hall–Kier alpha value is -1.34. The molecule has 2 N–H and O–H groups in total. The monoisotopic (exact) mass is 289 g/mol. The summed E-state index contributed by atoms with van der Waals surface area (Å²) in [5.41, 5.74) is 4.99. The summed E-state index contributed by atoms with van der Waals surface area (Å²) >= 11 is 0. The highest BCUT2D eigenvalue weighted by molar-refractivity contribution is 5.50. The van der Waals surface area contributed by atoms with Crippen LogP contribution in [0.25, 0.3) is 0 Å². The van der Waals surface area contributed by atoms with E-state index < -0.39 is 11.7 Å². The van der Waals surface area contributed by atoms with Crippen LogP contribution < -0.4 is 10.6 Å². The second kappa shape index (κ2) is 5.97. The lowest BCUT2D eigenvalue weighted by Crippen LogP contribution is -2.49. The van der Waals surface area contributed by atoms with Crippen molar-refractivity contribution in [1.29, 1.82) is 0 Å². The van der Waals surface area contributed by atoms with Crippen LogP contribution in [0.4, 0.5) is 19.0 Å². The van der Waals surface area contributed by atoms with Gasteiger partial charge in [0.15, 0.2) is 0 Å². The second-order valence-corrected chi connectivity index (χ2v) is 4.84. The lowest BCUT2D eigenvalue weighted by Gasteiger charge is -2.40. The molecule has 0 spiro atoms. The fourth-order valence-electron chi connectivity index (χ4n) is 2.58. The number of anilines is 1. The van der Waals surface area contributed by atoms with E-state index in [0.717, 1.165) is 6.07 Å². The number of piperidine rings is 1. The topological polar surface area (TPSA) is 51.4 Å². The van der Waals surface area contributed by atoms with Crippen LogP contribution in [0.2, 0.25) is 0 Å². The molecular weight excluding hydrogens is 271 g/mol. The predicted octanol–water partition coefficient (Wildman–Crippen LogP) is 2.04. The summed E-state index contributed by atoms with van der Waals surface area (Å²) in [6.45, 7) is 0.730. The molecule has 0 aromatic carbocycles. The standard InChI is InChI=1S/C13H18F3N3O/c1-20-10-4-6-19(9(7-10)8-17)12-11(13(14,15)16)3-2-5-18-12/h2-3,5,9-10H,4,6-8,17H2,1H3. The molecule has 7 heteroatoms. The Morgan fingerprint density at radius 2 is 2.25 bits per heavy atom. The number of pyridine rings is 1. The molecule has 1 aromatic heterocycles. The molecule has 112 valence electrons. The number of hydrogen-bond donors (Lipinski definition) is 1. The van der Waals surface area contributed by atoms with Crippen LogP contribution in [0.15, 0.2) is 18.3 Å². The number of halogens is 3. The summed E-state index contributed by atoms with van der Waals surface area (Å²) in [4.78, 5) is 5.58. The number of alkyl halides is 3. The molecular formula is C13H18F3N3O. The van der Waals surface area contributed by atoms with Gasteiger partial charge in [-0.15, -0.1) is 0 Å². The van der Waals surface area contributed by atoms with Gasteiger partial charge in [-0.25, -0.2) is 4.98 Å². The van der Waals surface area contributed by atoms with Gasteiger partial charge < -0.3 is 15.4 Å². The van der Waals surface area contributed by atoms with Gasteiger partial charge in [0.1, 0.15) is 5.82 Å². The highest BCUT2D eigenvalue weighted by Gasteiger charge is 2.38. The van der Waals surface area contributed by atoms with Gasteiger partial charge in [0.05, 0.1) is 11.7 Å². The van der Waals surface area contributed by atoms with Crippen molar-refractivity contribution in [3.8, 4) is 0 Å². The van der Waals surface area contributed by atoms with Crippen LogP contribution in [0.5, 0.6) is 0 Å². The molecule has 0 amide bonds. The van der Waals surface area contributed by atoms with E-state index in [-0.39, 0.29) is 24.5 Å². The van der Waals surface area contributed by atoms with E-state index in [1.165, 1.54) is 12.3 Å². The lowest BCUT2D eigenvalue weighted by atomic mass is 9.98. The van der Waals surface area contributed by atoms with Crippen molar-refractivity contribution in [2.24, 2.45) is 5.73 Å². The molecule has 0 radical (unpaired) electrons. The van der Waals surface area contributed by atoms with E-state index >= 15 is 0 Å². The molecule has 0 saturated carbocycles. The van der Waals surface area contributed by atoms with Gasteiger partial charge in [-0.3, -0.25) is 0 Å². The summed E-state index contributed by atoms with van der Waals surface area (Å²) in [6, 6.07) is 2.16. The second-order valence-electron chi connectivity index (χ2n) is 4.84. The van der Waals surface area contributed by atoms with Gasteiger partial charge in [0.2, 0.25) is 0 Å². The van der Waals surface area contributed by atoms with Gasteiger partial charge in [0.25, 0.3) is 0 Å². The molecule has 2 rings (SSSR count). The van der Waals surface area contributed by atoms with E-state index in [1.807, 2.05) is 0 Å². The van der Waals surface area contributed by atoms with Crippen LogP contribution in [-0.2, 0) is 10.9 Å². The summed E-state index contributed by atoms with van der Waals surface area (Å²) in [7, 11) is 1.61. The number of methoxy groups -OCH3 is 1. The Morgan fingerprint density at radius 1 is 1.50 bits per heavy atom. The highest BCUT2D eigenvalue weighted by atomic mass is 19.4. The summed E-state index contributed by atoms with van der Waals surface area (Å²) < 4.78 is 44.4. The van der Waals surface area contributed by atoms with E-state index in [9.17, 15) is 13.2 Å². The molecule has 1 aromatic rings. The molecule has 20 heavy (non-hydrogen) atoms. The number of hydrogen-bond acceptors (Lipinski definition) is 4. The van der Waals surface area contributed by atoms with Crippen LogP contribution in [-0.4, -0.2) is 37.3 Å². The van der Waals surface area contributed by atoms with Gasteiger partial charge >= 0.3 is 6.18 Å². The van der Waals surface area contributed by atoms with Crippen LogP contribution in [0, 0.1) is 0 Å². The fraction of sp³-hybridized carbons (Fsp3) is 0.615. The van der Waals surface area contributed by atoms with Crippen molar-refractivity contribution in [3.05, 3.63) is 23.9 Å². The van der Waals surface area contributed by atoms with E-state index in [4.69, 9.17) is 10.5 Å². The zero-order valence-corrected chi connectivity index (χ0v) is 11.2. The maximum absolute atomic E-state index is 13.1.